The molecule has 1 aromatic heterocycles. The highest BCUT2D eigenvalue weighted by Gasteiger charge is 2.35. The Bertz CT molecular complexity index is 579. The minimum atomic E-state index is -4.37. The quantitative estimate of drug-likeness (QED) is 0.805. The molecule has 6 nitrogen and oxygen atoms in total. The number of hydrogen-bond donors (Lipinski definition) is 0. The lowest BCUT2D eigenvalue weighted by atomic mass is 10.1. The molecule has 0 aliphatic carbocycles. The fourth-order valence-corrected chi connectivity index (χ4v) is 1.84. The van der Waals surface area contributed by atoms with Crippen LogP contribution >= 0.6 is 0 Å². The number of aryl methyl sites for hydroxylation is 1. The molecule has 1 amide bonds. The van der Waals surface area contributed by atoms with E-state index in [1.54, 1.807) is 6.92 Å². The number of amides is 1. The Morgan fingerprint density at radius 3 is 2.71 bits per heavy atom. The van der Waals surface area contributed by atoms with Crippen molar-refractivity contribution in [2.45, 2.75) is 25.7 Å². The minimum Gasteiger partial charge on any atom is -0.365 e. The third kappa shape index (κ3) is 4.28. The molecule has 1 saturated heterocycles. The van der Waals surface area contributed by atoms with Crippen LogP contribution in [0, 0.1) is 6.92 Å². The first-order valence-corrected chi connectivity index (χ1v) is 6.24. The van der Waals surface area contributed by atoms with Crippen molar-refractivity contribution in [1.29, 1.82) is 0 Å². The summed E-state index contributed by atoms with van der Waals surface area (Å²) in [5, 5.41) is 0. The lowest BCUT2D eigenvalue weighted by Crippen LogP contribution is -2.56. The molecule has 0 atom stereocenters. The van der Waals surface area contributed by atoms with Gasteiger partial charge in [0.1, 0.15) is 13.2 Å². The van der Waals surface area contributed by atoms with E-state index >= 15 is 0 Å². The van der Waals surface area contributed by atoms with Crippen LogP contribution < -0.4 is 5.56 Å². The molecular formula is C12H14F3N3O3. The van der Waals surface area contributed by atoms with Gasteiger partial charge in [-0.05, 0) is 6.92 Å². The maximum Gasteiger partial charge on any atom is 0.411 e. The third-order valence-electron chi connectivity index (χ3n) is 3.01. The SMILES string of the molecule is Cc1cc(=O)n(CC(=O)N2CC(OCC(F)(F)F)C2)cn1. The largest absolute Gasteiger partial charge is 0.411 e. The molecule has 2 heterocycles. The highest BCUT2D eigenvalue weighted by molar-refractivity contribution is 5.76. The Hall–Kier alpha value is -1.90. The Kier molecular flexibility index (Phi) is 4.31. The molecule has 1 aromatic rings. The highest BCUT2D eigenvalue weighted by atomic mass is 19.4. The van der Waals surface area contributed by atoms with Gasteiger partial charge in [-0.2, -0.15) is 13.2 Å². The monoisotopic (exact) mass is 305 g/mol. The van der Waals surface area contributed by atoms with Crippen molar-refractivity contribution in [3.8, 4) is 0 Å². The summed E-state index contributed by atoms with van der Waals surface area (Å²) in [6.45, 7) is 0.358. The molecule has 21 heavy (non-hydrogen) atoms. The van der Waals surface area contributed by atoms with Crippen LogP contribution in [0.2, 0.25) is 0 Å². The van der Waals surface area contributed by atoms with Gasteiger partial charge in [-0.3, -0.25) is 14.2 Å². The molecule has 0 bridgehead atoms. The second kappa shape index (κ2) is 5.84. The van der Waals surface area contributed by atoms with E-state index in [4.69, 9.17) is 0 Å². The van der Waals surface area contributed by atoms with Crippen molar-refractivity contribution in [2.75, 3.05) is 19.7 Å². The van der Waals surface area contributed by atoms with E-state index < -0.39 is 18.9 Å². The molecule has 0 unspecified atom stereocenters. The minimum absolute atomic E-state index is 0.100. The molecule has 1 fully saturated rings. The van der Waals surface area contributed by atoms with E-state index in [1.807, 2.05) is 0 Å². The van der Waals surface area contributed by atoms with Gasteiger partial charge >= 0.3 is 6.18 Å². The highest BCUT2D eigenvalue weighted by Crippen LogP contribution is 2.19. The second-order valence-corrected chi connectivity index (χ2v) is 4.84. The van der Waals surface area contributed by atoms with Crippen LogP contribution in [-0.4, -0.2) is 52.3 Å². The predicted octanol–water partition coefficient (Wildman–Crippen LogP) is 0.341. The van der Waals surface area contributed by atoms with E-state index in [-0.39, 0.29) is 31.1 Å². The van der Waals surface area contributed by atoms with Gasteiger partial charge in [0.2, 0.25) is 5.91 Å². The standard InChI is InChI=1S/C12H14F3N3O3/c1-8-2-10(19)18(7-16-8)5-11(20)17-3-9(4-17)21-6-12(13,14)15/h2,7,9H,3-6H2,1H3. The Morgan fingerprint density at radius 1 is 1.48 bits per heavy atom. The lowest BCUT2D eigenvalue weighted by Gasteiger charge is -2.39. The Morgan fingerprint density at radius 2 is 2.14 bits per heavy atom. The third-order valence-corrected chi connectivity index (χ3v) is 3.01. The summed E-state index contributed by atoms with van der Waals surface area (Å²) >= 11 is 0. The van der Waals surface area contributed by atoms with Crippen molar-refractivity contribution in [3.05, 3.63) is 28.4 Å². The first kappa shape index (κ1) is 15.5. The molecule has 0 radical (unpaired) electrons. The summed E-state index contributed by atoms with van der Waals surface area (Å²) in [6, 6.07) is 1.30. The zero-order chi connectivity index (χ0) is 15.6. The first-order chi connectivity index (χ1) is 9.74. The summed E-state index contributed by atoms with van der Waals surface area (Å²) in [7, 11) is 0. The molecule has 0 saturated carbocycles. The summed E-state index contributed by atoms with van der Waals surface area (Å²) in [4.78, 5) is 28.7. The van der Waals surface area contributed by atoms with Crippen molar-refractivity contribution >= 4 is 5.91 Å². The van der Waals surface area contributed by atoms with Crippen LogP contribution in [0.15, 0.2) is 17.2 Å². The van der Waals surface area contributed by atoms with E-state index in [0.717, 1.165) is 4.57 Å². The molecule has 0 N–H and O–H groups in total. The molecule has 2 rings (SSSR count). The first-order valence-electron chi connectivity index (χ1n) is 6.24. The number of aromatic nitrogens is 2. The Balaban J connectivity index is 1.80. The van der Waals surface area contributed by atoms with E-state index in [1.165, 1.54) is 17.3 Å². The fourth-order valence-electron chi connectivity index (χ4n) is 1.84. The van der Waals surface area contributed by atoms with Gasteiger partial charge in [0.05, 0.1) is 12.4 Å². The van der Waals surface area contributed by atoms with Gasteiger partial charge in [0.25, 0.3) is 5.56 Å². The van der Waals surface area contributed by atoms with Gasteiger partial charge in [0, 0.05) is 24.8 Å². The van der Waals surface area contributed by atoms with E-state index in [9.17, 15) is 22.8 Å². The summed E-state index contributed by atoms with van der Waals surface area (Å²) in [6.07, 6.45) is -3.71. The number of carbonyl (C=O) groups excluding carboxylic acids is 1. The normalized spacial score (nSPS) is 15.9. The number of carbonyl (C=O) groups is 1. The average Bonchev–Trinajstić information content (AvgIpc) is 2.29. The summed E-state index contributed by atoms with van der Waals surface area (Å²) in [5.41, 5.74) is 0.203. The van der Waals surface area contributed by atoms with Gasteiger partial charge in [0.15, 0.2) is 0 Å². The van der Waals surface area contributed by atoms with Crippen molar-refractivity contribution in [1.82, 2.24) is 14.5 Å². The van der Waals surface area contributed by atoms with Gasteiger partial charge in [-0.25, -0.2) is 4.98 Å². The smallest absolute Gasteiger partial charge is 0.365 e. The molecule has 1 aliphatic rings. The number of nitrogens with zero attached hydrogens (tertiary/aromatic N) is 3. The van der Waals surface area contributed by atoms with Gasteiger partial charge < -0.3 is 9.64 Å². The number of likely N-dealkylation sites (tertiary alicyclic amines) is 1. The average molecular weight is 305 g/mol. The number of ether oxygens (including phenoxy) is 1. The number of halogens is 3. The lowest BCUT2D eigenvalue weighted by molar-refractivity contribution is -0.200. The summed E-state index contributed by atoms with van der Waals surface area (Å²) < 4.78 is 41.6. The number of rotatable bonds is 4. The van der Waals surface area contributed by atoms with Gasteiger partial charge in [-0.15, -0.1) is 0 Å². The van der Waals surface area contributed by atoms with Crippen LogP contribution in [0.25, 0.3) is 0 Å². The topological polar surface area (TPSA) is 64.4 Å². The second-order valence-electron chi connectivity index (χ2n) is 4.84. The van der Waals surface area contributed by atoms with Crippen molar-refractivity contribution in [3.63, 3.8) is 0 Å². The van der Waals surface area contributed by atoms with Crippen LogP contribution in [0.1, 0.15) is 5.69 Å². The van der Waals surface area contributed by atoms with Crippen LogP contribution in [-0.2, 0) is 16.1 Å². The number of hydrogen-bond acceptors (Lipinski definition) is 4. The summed E-state index contributed by atoms with van der Waals surface area (Å²) in [5.74, 6) is -0.352. The number of alkyl halides is 3. The molecular weight excluding hydrogens is 291 g/mol. The van der Waals surface area contributed by atoms with Crippen LogP contribution in [0.5, 0.6) is 0 Å². The van der Waals surface area contributed by atoms with Crippen molar-refractivity contribution in [2.24, 2.45) is 0 Å². The molecule has 1 aliphatic heterocycles. The fraction of sp³-hybridized carbons (Fsp3) is 0.583. The van der Waals surface area contributed by atoms with Crippen molar-refractivity contribution < 1.29 is 22.7 Å². The predicted molar refractivity (Wildman–Crippen MR) is 65.6 cm³/mol. The van der Waals surface area contributed by atoms with Crippen LogP contribution in [0.3, 0.4) is 0 Å². The van der Waals surface area contributed by atoms with Crippen LogP contribution in [0.4, 0.5) is 13.2 Å². The molecule has 9 heteroatoms. The maximum absolute atomic E-state index is 11.9. The zero-order valence-corrected chi connectivity index (χ0v) is 11.3. The molecule has 116 valence electrons. The van der Waals surface area contributed by atoms with Gasteiger partial charge in [-0.1, -0.05) is 0 Å². The zero-order valence-electron chi connectivity index (χ0n) is 11.3. The molecule has 0 aromatic carbocycles. The van der Waals surface area contributed by atoms with E-state index in [2.05, 4.69) is 9.72 Å². The maximum atomic E-state index is 11.9. The Labute approximate surface area is 118 Å². The molecule has 0 spiro atoms. The van der Waals surface area contributed by atoms with E-state index in [0.29, 0.717) is 5.69 Å².